The first-order chi connectivity index (χ1) is 9.84. The Morgan fingerprint density at radius 2 is 1.95 bits per heavy atom. The Bertz CT molecular complexity index is 806. The second-order valence-electron chi connectivity index (χ2n) is 4.95. The maximum Gasteiger partial charge on any atom is 0.197 e. The number of carbonyl (C=O) groups excluding carboxylic acids is 1. The molecule has 2 aliphatic carbocycles. The minimum atomic E-state index is 0.0643. The first kappa shape index (κ1) is 11.2. The third kappa shape index (κ3) is 1.53. The molecule has 96 valence electrons. The van der Waals surface area contributed by atoms with Gasteiger partial charge in [-0.1, -0.05) is 30.4 Å². The zero-order chi connectivity index (χ0) is 13.5. The van der Waals surface area contributed by atoms with Gasteiger partial charge >= 0.3 is 0 Å². The SMILES string of the molecule is O=C1c2cnccc2Cc2[nH]c3c(c21)C=CC=CC=C3. The Kier molecular flexibility index (Phi) is 2.33. The summed E-state index contributed by atoms with van der Waals surface area (Å²) in [7, 11) is 0. The van der Waals surface area contributed by atoms with E-state index < -0.39 is 0 Å². The quantitative estimate of drug-likeness (QED) is 0.675. The van der Waals surface area contributed by atoms with E-state index in [4.69, 9.17) is 0 Å². The maximum absolute atomic E-state index is 12.7. The molecule has 0 saturated heterocycles. The van der Waals surface area contributed by atoms with Gasteiger partial charge in [0.15, 0.2) is 5.78 Å². The van der Waals surface area contributed by atoms with Gasteiger partial charge in [0.1, 0.15) is 0 Å². The second kappa shape index (κ2) is 4.17. The Morgan fingerprint density at radius 1 is 1.10 bits per heavy atom. The summed E-state index contributed by atoms with van der Waals surface area (Å²) in [6.07, 6.45) is 16.0. The molecule has 0 atom stereocenters. The molecule has 0 saturated carbocycles. The van der Waals surface area contributed by atoms with Crippen LogP contribution in [0, 0.1) is 0 Å². The molecule has 0 aliphatic heterocycles. The van der Waals surface area contributed by atoms with E-state index in [2.05, 4.69) is 9.97 Å². The van der Waals surface area contributed by atoms with Crippen LogP contribution in [0.3, 0.4) is 0 Å². The third-order valence-corrected chi connectivity index (χ3v) is 3.76. The summed E-state index contributed by atoms with van der Waals surface area (Å²) in [6, 6.07) is 1.92. The van der Waals surface area contributed by atoms with Gasteiger partial charge in [-0.3, -0.25) is 9.78 Å². The number of carbonyl (C=O) groups is 1. The van der Waals surface area contributed by atoms with Crippen LogP contribution in [0.1, 0.15) is 38.4 Å². The highest BCUT2D eigenvalue weighted by Crippen LogP contribution is 2.32. The minimum absolute atomic E-state index is 0.0643. The average molecular weight is 260 g/mol. The predicted molar refractivity (Wildman–Crippen MR) is 78.5 cm³/mol. The minimum Gasteiger partial charge on any atom is -0.357 e. The fourth-order valence-electron chi connectivity index (χ4n) is 2.82. The molecule has 0 unspecified atom stereocenters. The lowest BCUT2D eigenvalue weighted by molar-refractivity contribution is 0.103. The van der Waals surface area contributed by atoms with E-state index in [1.807, 2.05) is 42.5 Å². The van der Waals surface area contributed by atoms with Crippen molar-refractivity contribution in [1.82, 2.24) is 9.97 Å². The number of aromatic amines is 1. The molecule has 20 heavy (non-hydrogen) atoms. The van der Waals surface area contributed by atoms with Crippen molar-refractivity contribution in [3.05, 3.63) is 76.4 Å². The Labute approximate surface area is 116 Å². The molecular weight excluding hydrogens is 248 g/mol. The number of ketones is 1. The number of hydrogen-bond acceptors (Lipinski definition) is 2. The number of aromatic nitrogens is 2. The largest absolute Gasteiger partial charge is 0.357 e. The fourth-order valence-corrected chi connectivity index (χ4v) is 2.82. The Balaban J connectivity index is 1.96. The molecule has 2 aliphatic rings. The van der Waals surface area contributed by atoms with E-state index in [0.29, 0.717) is 0 Å². The first-order valence-electron chi connectivity index (χ1n) is 6.58. The van der Waals surface area contributed by atoms with Gasteiger partial charge in [-0.15, -0.1) is 0 Å². The summed E-state index contributed by atoms with van der Waals surface area (Å²) in [6.45, 7) is 0. The molecule has 0 aromatic carbocycles. The van der Waals surface area contributed by atoms with Crippen molar-refractivity contribution in [3.8, 4) is 0 Å². The number of fused-ring (bicyclic) bond motifs is 4. The van der Waals surface area contributed by atoms with Gasteiger partial charge in [0.2, 0.25) is 0 Å². The van der Waals surface area contributed by atoms with Crippen molar-refractivity contribution in [1.29, 1.82) is 0 Å². The highest BCUT2D eigenvalue weighted by Gasteiger charge is 2.28. The second-order valence-corrected chi connectivity index (χ2v) is 4.95. The van der Waals surface area contributed by atoms with Crippen LogP contribution < -0.4 is 0 Å². The third-order valence-electron chi connectivity index (χ3n) is 3.76. The molecule has 0 spiro atoms. The molecular formula is C17H12N2O. The van der Waals surface area contributed by atoms with Crippen LogP contribution in [0.4, 0.5) is 0 Å². The van der Waals surface area contributed by atoms with Gasteiger partial charge in [0.25, 0.3) is 0 Å². The number of hydrogen-bond donors (Lipinski definition) is 1. The summed E-state index contributed by atoms with van der Waals surface area (Å²) in [4.78, 5) is 20.2. The molecule has 3 nitrogen and oxygen atoms in total. The van der Waals surface area contributed by atoms with Crippen molar-refractivity contribution < 1.29 is 4.79 Å². The lowest BCUT2D eigenvalue weighted by atomic mass is 9.88. The van der Waals surface area contributed by atoms with Crippen LogP contribution in [0.5, 0.6) is 0 Å². The summed E-state index contributed by atoms with van der Waals surface area (Å²) in [5.74, 6) is 0.0643. The normalized spacial score (nSPS) is 15.3. The molecule has 2 aromatic heterocycles. The smallest absolute Gasteiger partial charge is 0.197 e. The molecule has 0 radical (unpaired) electrons. The Morgan fingerprint density at radius 3 is 2.85 bits per heavy atom. The summed E-state index contributed by atoms with van der Waals surface area (Å²) >= 11 is 0. The van der Waals surface area contributed by atoms with Gasteiger partial charge in [-0.2, -0.15) is 0 Å². The van der Waals surface area contributed by atoms with Crippen LogP contribution in [0.25, 0.3) is 12.2 Å². The van der Waals surface area contributed by atoms with Crippen molar-refractivity contribution in [3.63, 3.8) is 0 Å². The van der Waals surface area contributed by atoms with Gasteiger partial charge in [0, 0.05) is 41.3 Å². The molecule has 0 fully saturated rings. The standard InChI is InChI=1S/C17H12N2O/c20-17-13-10-18-8-7-11(13)9-15-16(17)12-5-3-1-2-4-6-14(12)19-15/h1-8,10,19H,9H2. The van der Waals surface area contributed by atoms with Crippen molar-refractivity contribution in [2.45, 2.75) is 6.42 Å². The number of pyridine rings is 1. The highest BCUT2D eigenvalue weighted by molar-refractivity contribution is 6.14. The van der Waals surface area contributed by atoms with Gasteiger partial charge in [0.05, 0.1) is 5.56 Å². The molecule has 0 bridgehead atoms. The summed E-state index contributed by atoms with van der Waals surface area (Å²) in [5.41, 5.74) is 5.51. The van der Waals surface area contributed by atoms with E-state index in [0.717, 1.165) is 40.1 Å². The molecule has 3 heteroatoms. The predicted octanol–water partition coefficient (Wildman–Crippen LogP) is 3.14. The Hall–Kier alpha value is -2.68. The number of nitrogens with zero attached hydrogens (tertiary/aromatic N) is 1. The molecule has 0 amide bonds. The van der Waals surface area contributed by atoms with Crippen LogP contribution in [0.15, 0.2) is 42.8 Å². The van der Waals surface area contributed by atoms with Crippen LogP contribution in [0.2, 0.25) is 0 Å². The summed E-state index contributed by atoms with van der Waals surface area (Å²) in [5, 5.41) is 0. The number of nitrogens with one attached hydrogen (secondary N) is 1. The topological polar surface area (TPSA) is 45.8 Å². The van der Waals surface area contributed by atoms with Crippen LogP contribution in [-0.2, 0) is 6.42 Å². The van der Waals surface area contributed by atoms with E-state index in [1.165, 1.54) is 0 Å². The summed E-state index contributed by atoms with van der Waals surface area (Å²) < 4.78 is 0. The van der Waals surface area contributed by atoms with Gasteiger partial charge in [-0.25, -0.2) is 0 Å². The zero-order valence-corrected chi connectivity index (χ0v) is 10.8. The van der Waals surface area contributed by atoms with E-state index in [-0.39, 0.29) is 5.78 Å². The molecule has 1 N–H and O–H groups in total. The van der Waals surface area contributed by atoms with Crippen LogP contribution >= 0.6 is 0 Å². The highest BCUT2D eigenvalue weighted by atomic mass is 16.1. The van der Waals surface area contributed by atoms with E-state index in [1.54, 1.807) is 12.4 Å². The van der Waals surface area contributed by atoms with Gasteiger partial charge < -0.3 is 4.98 Å². The first-order valence-corrected chi connectivity index (χ1v) is 6.58. The fraction of sp³-hybridized carbons (Fsp3) is 0.0588. The van der Waals surface area contributed by atoms with Gasteiger partial charge in [-0.05, 0) is 17.7 Å². The van der Waals surface area contributed by atoms with Crippen molar-refractivity contribution in [2.75, 3.05) is 0 Å². The number of H-pyrrole nitrogens is 1. The lowest BCUT2D eigenvalue weighted by Gasteiger charge is -2.14. The number of allylic oxidation sites excluding steroid dienone is 4. The molecule has 2 aromatic rings. The van der Waals surface area contributed by atoms with Crippen molar-refractivity contribution >= 4 is 17.9 Å². The number of rotatable bonds is 0. The lowest BCUT2D eigenvalue weighted by Crippen LogP contribution is -2.15. The van der Waals surface area contributed by atoms with E-state index in [9.17, 15) is 4.79 Å². The van der Waals surface area contributed by atoms with Crippen LogP contribution in [-0.4, -0.2) is 15.8 Å². The monoisotopic (exact) mass is 260 g/mol. The molecule has 4 rings (SSSR count). The molecule has 2 heterocycles. The average Bonchev–Trinajstić information content (AvgIpc) is 2.76. The van der Waals surface area contributed by atoms with Crippen molar-refractivity contribution in [2.24, 2.45) is 0 Å². The van der Waals surface area contributed by atoms with E-state index >= 15 is 0 Å². The zero-order valence-electron chi connectivity index (χ0n) is 10.8. The maximum atomic E-state index is 12.7.